The van der Waals surface area contributed by atoms with E-state index in [-0.39, 0.29) is 29.3 Å². The fraction of sp³-hybridized carbons (Fsp3) is 0.158. The summed E-state index contributed by atoms with van der Waals surface area (Å²) in [6.07, 6.45) is -0.830. The Labute approximate surface area is 312 Å². The molecule has 264 valence electrons. The Balaban J connectivity index is 1.28. The Kier molecular flexibility index (Phi) is 11.7. The van der Waals surface area contributed by atoms with Gasteiger partial charge in [0.15, 0.2) is 11.8 Å². The van der Waals surface area contributed by atoms with Crippen molar-refractivity contribution in [1.29, 1.82) is 0 Å². The predicted octanol–water partition coefficient (Wildman–Crippen LogP) is 5.58. The van der Waals surface area contributed by atoms with Crippen molar-refractivity contribution in [3.63, 3.8) is 0 Å². The van der Waals surface area contributed by atoms with E-state index in [1.165, 1.54) is 16.7 Å². The zero-order valence-corrected chi connectivity index (χ0v) is 29.4. The van der Waals surface area contributed by atoms with Gasteiger partial charge in [-0.3, -0.25) is 14.5 Å². The third-order valence-corrected chi connectivity index (χ3v) is 9.71. The lowest BCUT2D eigenvalue weighted by atomic mass is 10.0. The lowest BCUT2D eigenvalue weighted by Gasteiger charge is -2.49. The number of hydrogen-bond acceptors (Lipinski definition) is 10. The molecule has 0 unspecified atom stereocenters. The van der Waals surface area contributed by atoms with E-state index in [0.717, 1.165) is 0 Å². The molecule has 11 nitrogen and oxygen atoms in total. The predicted molar refractivity (Wildman–Crippen MR) is 194 cm³/mol. The molecule has 0 bridgehead atoms. The highest BCUT2D eigenvalue weighted by molar-refractivity contribution is 8.00. The number of alkyl halides is 2. The lowest BCUT2D eigenvalue weighted by molar-refractivity contribution is -0.154. The number of nitrogens with one attached hydrogen (secondary N) is 1. The van der Waals surface area contributed by atoms with Gasteiger partial charge < -0.3 is 19.6 Å². The molecule has 2 amide bonds. The van der Waals surface area contributed by atoms with E-state index in [1.807, 2.05) is 60.7 Å². The average molecular weight is 759 g/mol. The summed E-state index contributed by atoms with van der Waals surface area (Å²) in [5.41, 5.74) is 1.95. The van der Waals surface area contributed by atoms with Gasteiger partial charge in [0, 0.05) is 16.9 Å². The second-order valence-electron chi connectivity index (χ2n) is 11.4. The Morgan fingerprint density at radius 1 is 0.788 bits per heavy atom. The molecule has 0 aliphatic carbocycles. The number of carbonyl (C=O) groups excluding carboxylic acids is 5. The number of carbonyl (C=O) groups is 5. The van der Waals surface area contributed by atoms with Crippen molar-refractivity contribution < 1.29 is 38.3 Å². The number of benzene rings is 4. The summed E-state index contributed by atoms with van der Waals surface area (Å²) < 4.78 is 11.8. The minimum Gasteiger partial charge on any atom is -0.457 e. The topological polar surface area (TPSA) is 141 Å². The van der Waals surface area contributed by atoms with Gasteiger partial charge in [-0.05, 0) is 23.3 Å². The molecule has 0 aromatic heterocycles. The van der Waals surface area contributed by atoms with Crippen LogP contribution >= 0.6 is 35.0 Å². The van der Waals surface area contributed by atoms with Gasteiger partial charge in [-0.25, -0.2) is 14.4 Å². The highest BCUT2D eigenvalue weighted by atomic mass is 35.5. The number of thioether (sulfide) groups is 1. The second-order valence-corrected chi connectivity index (χ2v) is 13.6. The number of esters is 2. The molecule has 4 aromatic carbocycles. The van der Waals surface area contributed by atoms with Crippen molar-refractivity contribution in [2.45, 2.75) is 22.4 Å². The van der Waals surface area contributed by atoms with Crippen LogP contribution in [0.5, 0.6) is 0 Å². The number of oxime groups is 1. The van der Waals surface area contributed by atoms with Crippen molar-refractivity contribution in [1.82, 2.24) is 10.2 Å². The number of halogens is 2. The Morgan fingerprint density at radius 2 is 1.33 bits per heavy atom. The zero-order valence-electron chi connectivity index (χ0n) is 27.1. The fourth-order valence-electron chi connectivity index (χ4n) is 5.50. The van der Waals surface area contributed by atoms with Crippen LogP contribution in [0.1, 0.15) is 33.2 Å². The minimum atomic E-state index is -1.54. The van der Waals surface area contributed by atoms with Gasteiger partial charge >= 0.3 is 17.9 Å². The van der Waals surface area contributed by atoms with E-state index < -0.39 is 52.1 Å². The van der Waals surface area contributed by atoms with Gasteiger partial charge in [-0.15, -0.1) is 11.8 Å². The molecule has 2 heterocycles. The first-order valence-electron chi connectivity index (χ1n) is 15.9. The average Bonchev–Trinajstić information content (AvgIpc) is 3.18. The molecule has 2 atom stereocenters. The first-order chi connectivity index (χ1) is 25.2. The van der Waals surface area contributed by atoms with E-state index in [4.69, 9.17) is 37.5 Å². The number of amides is 2. The summed E-state index contributed by atoms with van der Waals surface area (Å²) in [6.45, 7) is -0.293. The maximum atomic E-state index is 14.2. The van der Waals surface area contributed by atoms with Crippen molar-refractivity contribution in [3.8, 4) is 0 Å². The quantitative estimate of drug-likeness (QED) is 0.0490. The van der Waals surface area contributed by atoms with Crippen LogP contribution < -0.4 is 5.32 Å². The third kappa shape index (κ3) is 8.20. The fourth-order valence-corrected chi connectivity index (χ4v) is 6.91. The minimum absolute atomic E-state index is 0.0851. The molecule has 1 saturated heterocycles. The number of β-lactam (4-membered cyclic amide) rings is 1. The van der Waals surface area contributed by atoms with Gasteiger partial charge in [-0.1, -0.05) is 138 Å². The molecular formula is C38H29Cl2N3O8S. The van der Waals surface area contributed by atoms with E-state index in [1.54, 1.807) is 60.7 Å². The van der Waals surface area contributed by atoms with Crippen LogP contribution in [0.15, 0.2) is 138 Å². The van der Waals surface area contributed by atoms with Crippen LogP contribution in [-0.2, 0) is 33.5 Å². The summed E-state index contributed by atoms with van der Waals surface area (Å²) >= 11 is 12.4. The largest absolute Gasteiger partial charge is 0.457 e. The van der Waals surface area contributed by atoms with Crippen molar-refractivity contribution >= 4 is 70.4 Å². The number of fused-ring (bicyclic) bond motifs is 1. The monoisotopic (exact) mass is 757 g/mol. The van der Waals surface area contributed by atoms with Gasteiger partial charge in [0.1, 0.15) is 23.7 Å². The molecule has 1 fully saturated rings. The zero-order chi connectivity index (χ0) is 36.6. The van der Waals surface area contributed by atoms with Crippen molar-refractivity contribution in [2.24, 2.45) is 5.16 Å². The van der Waals surface area contributed by atoms with Crippen LogP contribution in [0, 0.1) is 0 Å². The molecule has 0 saturated carbocycles. The normalized spacial score (nSPS) is 16.9. The molecule has 0 spiro atoms. The van der Waals surface area contributed by atoms with E-state index in [2.05, 4.69) is 10.5 Å². The van der Waals surface area contributed by atoms with E-state index in [0.29, 0.717) is 22.3 Å². The number of hydrogen-bond donors (Lipinski definition) is 1. The summed E-state index contributed by atoms with van der Waals surface area (Å²) in [4.78, 5) is 70.9. The standard InChI is InChI=1S/C38H29Cl2N3O8S/c39-32(40)38(48)51-42-28(23-13-5-1-6-14-23)33(44)41-29-34(45)43-30(27(22-52-35(29)43)21-49-36(46)26-19-11-4-12-20-26)37(47)50-31(24-15-7-2-8-16-24)25-17-9-3-10-18-25/h1-20,29,31-32,35H,21-22H2,(H,41,44)/b42-28+/t29-,35-/m1/s1. The molecule has 0 radical (unpaired) electrons. The molecule has 52 heavy (non-hydrogen) atoms. The molecule has 2 aliphatic rings. The van der Waals surface area contributed by atoms with Crippen molar-refractivity contribution in [3.05, 3.63) is 155 Å². The molecule has 2 aliphatic heterocycles. The van der Waals surface area contributed by atoms with Gasteiger partial charge in [0.05, 0.1) is 5.56 Å². The number of nitrogens with zero attached hydrogens (tertiary/aromatic N) is 2. The van der Waals surface area contributed by atoms with Gasteiger partial charge in [-0.2, -0.15) is 0 Å². The molecule has 6 rings (SSSR count). The van der Waals surface area contributed by atoms with Crippen LogP contribution in [0.25, 0.3) is 0 Å². The molecule has 4 aromatic rings. The van der Waals surface area contributed by atoms with Crippen molar-refractivity contribution in [2.75, 3.05) is 12.4 Å². The van der Waals surface area contributed by atoms with Crippen LogP contribution in [0.4, 0.5) is 0 Å². The molecule has 1 N–H and O–H groups in total. The maximum Gasteiger partial charge on any atom is 0.367 e. The maximum absolute atomic E-state index is 14.2. The summed E-state index contributed by atoms with van der Waals surface area (Å²) in [6, 6.07) is 33.7. The van der Waals surface area contributed by atoms with E-state index >= 15 is 0 Å². The molecular weight excluding hydrogens is 729 g/mol. The Bertz CT molecular complexity index is 1980. The SMILES string of the molecule is O=C(OC(c1ccccc1)c1ccccc1)C1=C(COC(=O)c2ccccc2)CS[C@@H]2[C@H](NC(=O)/C(=N/OC(=O)C(Cl)Cl)c3ccccc3)C(=O)N12. The summed E-state index contributed by atoms with van der Waals surface area (Å²) in [7, 11) is 0. The first-order valence-corrected chi connectivity index (χ1v) is 17.8. The second kappa shape index (κ2) is 16.7. The lowest BCUT2D eigenvalue weighted by Crippen LogP contribution is -2.71. The summed E-state index contributed by atoms with van der Waals surface area (Å²) in [5.74, 6) is -3.81. The first kappa shape index (κ1) is 36.4. The number of rotatable bonds is 12. The Morgan fingerprint density at radius 3 is 1.88 bits per heavy atom. The number of ether oxygens (including phenoxy) is 2. The van der Waals surface area contributed by atoms with Crippen LogP contribution in [-0.4, -0.2) is 68.9 Å². The summed E-state index contributed by atoms with van der Waals surface area (Å²) in [5, 5.41) is 5.60. The highest BCUT2D eigenvalue weighted by Crippen LogP contribution is 2.42. The molecule has 14 heteroatoms. The van der Waals surface area contributed by atoms with Gasteiger partial charge in [0.2, 0.25) is 4.84 Å². The third-order valence-electron chi connectivity index (χ3n) is 8.01. The smallest absolute Gasteiger partial charge is 0.367 e. The van der Waals surface area contributed by atoms with Gasteiger partial charge in [0.25, 0.3) is 11.8 Å². The van der Waals surface area contributed by atoms with Crippen LogP contribution in [0.3, 0.4) is 0 Å². The van der Waals surface area contributed by atoms with E-state index in [9.17, 15) is 24.0 Å². The highest BCUT2D eigenvalue weighted by Gasteiger charge is 2.55. The Hall–Kier alpha value is -5.43. The van der Waals surface area contributed by atoms with Crippen LogP contribution in [0.2, 0.25) is 0 Å².